The van der Waals surface area contributed by atoms with Crippen LogP contribution in [0, 0.1) is 6.92 Å². The molecule has 1 N–H and O–H groups in total. The Balaban J connectivity index is 1.36. The van der Waals surface area contributed by atoms with Crippen molar-refractivity contribution < 1.29 is 9.59 Å². The third-order valence-corrected chi connectivity index (χ3v) is 5.50. The van der Waals surface area contributed by atoms with E-state index < -0.39 is 0 Å². The zero-order valence-electron chi connectivity index (χ0n) is 15.0. The van der Waals surface area contributed by atoms with Crippen LogP contribution in [0.3, 0.4) is 0 Å². The Morgan fingerprint density at radius 3 is 2.81 bits per heavy atom. The second-order valence-electron chi connectivity index (χ2n) is 6.57. The SMILES string of the molecule is Cc1nnc2sc(CCC(=O)Nc3cccc(C(=O)N4CCCC4)c3)nn12. The van der Waals surface area contributed by atoms with Crippen molar-refractivity contribution in [3.63, 3.8) is 0 Å². The van der Waals surface area contributed by atoms with Crippen LogP contribution in [0.25, 0.3) is 4.96 Å². The van der Waals surface area contributed by atoms with Gasteiger partial charge in [0.05, 0.1) is 0 Å². The van der Waals surface area contributed by atoms with Crippen molar-refractivity contribution in [3.8, 4) is 0 Å². The molecule has 27 heavy (non-hydrogen) atoms. The Bertz CT molecular complexity index is 989. The third kappa shape index (κ3) is 3.82. The van der Waals surface area contributed by atoms with Crippen molar-refractivity contribution in [2.24, 2.45) is 0 Å². The van der Waals surface area contributed by atoms with E-state index in [0.29, 0.717) is 24.1 Å². The number of likely N-dealkylation sites (tertiary alicyclic amines) is 1. The van der Waals surface area contributed by atoms with Gasteiger partial charge in [-0.2, -0.15) is 9.61 Å². The maximum atomic E-state index is 12.5. The predicted molar refractivity (Wildman–Crippen MR) is 102 cm³/mol. The molecule has 0 radical (unpaired) electrons. The Morgan fingerprint density at radius 1 is 1.22 bits per heavy atom. The fourth-order valence-corrected chi connectivity index (χ4v) is 4.01. The summed E-state index contributed by atoms with van der Waals surface area (Å²) in [4.78, 5) is 27.3. The molecule has 1 saturated heterocycles. The highest BCUT2D eigenvalue weighted by molar-refractivity contribution is 7.16. The fourth-order valence-electron chi connectivity index (χ4n) is 3.13. The minimum Gasteiger partial charge on any atom is -0.339 e. The molecular weight excluding hydrogens is 364 g/mol. The van der Waals surface area contributed by atoms with Crippen LogP contribution in [0.4, 0.5) is 5.69 Å². The Kier molecular flexibility index (Phi) is 4.85. The molecule has 3 aromatic rings. The number of hydrogen-bond donors (Lipinski definition) is 1. The number of anilines is 1. The van der Waals surface area contributed by atoms with E-state index in [4.69, 9.17) is 0 Å². The van der Waals surface area contributed by atoms with Crippen molar-refractivity contribution >= 4 is 33.8 Å². The lowest BCUT2D eigenvalue weighted by Crippen LogP contribution is -2.27. The average molecular weight is 384 g/mol. The first-order chi connectivity index (χ1) is 13.1. The lowest BCUT2D eigenvalue weighted by Gasteiger charge is -2.15. The van der Waals surface area contributed by atoms with Gasteiger partial charge in [-0.1, -0.05) is 17.4 Å². The molecule has 8 nitrogen and oxygen atoms in total. The van der Waals surface area contributed by atoms with Gasteiger partial charge in [-0.3, -0.25) is 9.59 Å². The number of carbonyl (C=O) groups is 2. The molecule has 1 fully saturated rings. The van der Waals surface area contributed by atoms with Crippen LogP contribution in [0.1, 0.15) is 40.5 Å². The van der Waals surface area contributed by atoms with E-state index >= 15 is 0 Å². The number of amides is 2. The summed E-state index contributed by atoms with van der Waals surface area (Å²) in [5.41, 5.74) is 1.25. The van der Waals surface area contributed by atoms with Gasteiger partial charge in [0.15, 0.2) is 5.82 Å². The van der Waals surface area contributed by atoms with Crippen LogP contribution in [0.15, 0.2) is 24.3 Å². The highest BCUT2D eigenvalue weighted by Crippen LogP contribution is 2.18. The van der Waals surface area contributed by atoms with E-state index in [0.717, 1.165) is 41.7 Å². The lowest BCUT2D eigenvalue weighted by atomic mass is 10.1. The average Bonchev–Trinajstić information content (AvgIpc) is 3.39. The molecule has 1 aliphatic heterocycles. The van der Waals surface area contributed by atoms with Crippen molar-refractivity contribution in [1.29, 1.82) is 0 Å². The van der Waals surface area contributed by atoms with Crippen molar-refractivity contribution in [2.45, 2.75) is 32.6 Å². The normalized spacial score (nSPS) is 14.0. The standard InChI is InChI=1S/C18H20N6O2S/c1-12-20-21-18-24(12)22-16(27-18)8-7-15(25)19-14-6-4-5-13(11-14)17(26)23-9-2-3-10-23/h4-6,11H,2-3,7-10H2,1H3,(H,19,25). The van der Waals surface area contributed by atoms with Gasteiger partial charge in [0.25, 0.3) is 5.91 Å². The van der Waals surface area contributed by atoms with Crippen LogP contribution in [0.5, 0.6) is 0 Å². The molecular formula is C18H20N6O2S. The van der Waals surface area contributed by atoms with Gasteiger partial charge in [-0.15, -0.1) is 10.2 Å². The van der Waals surface area contributed by atoms with Crippen LogP contribution in [-0.4, -0.2) is 49.6 Å². The van der Waals surface area contributed by atoms with Gasteiger partial charge < -0.3 is 10.2 Å². The molecule has 2 amide bonds. The molecule has 1 aromatic carbocycles. The van der Waals surface area contributed by atoms with Gasteiger partial charge >= 0.3 is 0 Å². The molecule has 1 aliphatic rings. The molecule has 3 heterocycles. The summed E-state index contributed by atoms with van der Waals surface area (Å²) in [6, 6.07) is 7.12. The van der Waals surface area contributed by atoms with Gasteiger partial charge in [0, 0.05) is 37.2 Å². The number of nitrogens with zero attached hydrogens (tertiary/aromatic N) is 5. The molecule has 140 valence electrons. The summed E-state index contributed by atoms with van der Waals surface area (Å²) in [5.74, 6) is 0.651. The van der Waals surface area contributed by atoms with E-state index in [1.54, 1.807) is 28.8 Å². The predicted octanol–water partition coefficient (Wildman–Crippen LogP) is 2.30. The summed E-state index contributed by atoms with van der Waals surface area (Å²) in [6.45, 7) is 3.45. The molecule has 0 atom stereocenters. The Hall–Kier alpha value is -2.81. The number of aryl methyl sites for hydroxylation is 2. The maximum Gasteiger partial charge on any atom is 0.253 e. The number of carbonyl (C=O) groups excluding carboxylic acids is 2. The molecule has 2 aromatic heterocycles. The lowest BCUT2D eigenvalue weighted by molar-refractivity contribution is -0.116. The van der Waals surface area contributed by atoms with E-state index in [1.165, 1.54) is 11.3 Å². The summed E-state index contributed by atoms with van der Waals surface area (Å²) in [6.07, 6.45) is 2.96. The smallest absolute Gasteiger partial charge is 0.253 e. The zero-order chi connectivity index (χ0) is 18.8. The molecule has 4 rings (SSSR count). The first-order valence-electron chi connectivity index (χ1n) is 8.97. The highest BCUT2D eigenvalue weighted by atomic mass is 32.1. The zero-order valence-corrected chi connectivity index (χ0v) is 15.8. The quantitative estimate of drug-likeness (QED) is 0.729. The molecule has 0 spiro atoms. The van der Waals surface area contributed by atoms with E-state index in [-0.39, 0.29) is 11.8 Å². The number of fused-ring (bicyclic) bond motifs is 1. The molecule has 0 bridgehead atoms. The van der Waals surface area contributed by atoms with Crippen molar-refractivity contribution in [3.05, 3.63) is 40.7 Å². The second-order valence-corrected chi connectivity index (χ2v) is 7.61. The summed E-state index contributed by atoms with van der Waals surface area (Å²) in [7, 11) is 0. The van der Waals surface area contributed by atoms with E-state index in [2.05, 4.69) is 20.6 Å². The number of rotatable bonds is 5. The first-order valence-corrected chi connectivity index (χ1v) is 9.79. The van der Waals surface area contributed by atoms with Crippen LogP contribution < -0.4 is 5.32 Å². The number of benzene rings is 1. The van der Waals surface area contributed by atoms with E-state index in [1.807, 2.05) is 11.8 Å². The summed E-state index contributed by atoms with van der Waals surface area (Å²) < 4.78 is 1.69. The minimum absolute atomic E-state index is 0.0266. The van der Waals surface area contributed by atoms with Gasteiger partial charge in [-0.25, -0.2) is 0 Å². The fraction of sp³-hybridized carbons (Fsp3) is 0.389. The van der Waals surface area contributed by atoms with Crippen molar-refractivity contribution in [2.75, 3.05) is 18.4 Å². The Morgan fingerprint density at radius 2 is 2.04 bits per heavy atom. The highest BCUT2D eigenvalue weighted by Gasteiger charge is 2.19. The van der Waals surface area contributed by atoms with Gasteiger partial charge in [-0.05, 0) is 38.0 Å². The Labute approximate surface area is 160 Å². The van der Waals surface area contributed by atoms with Crippen LogP contribution in [-0.2, 0) is 11.2 Å². The largest absolute Gasteiger partial charge is 0.339 e. The van der Waals surface area contributed by atoms with Gasteiger partial charge in [0.1, 0.15) is 5.01 Å². The number of hydrogen-bond acceptors (Lipinski definition) is 6. The summed E-state index contributed by atoms with van der Waals surface area (Å²) >= 11 is 1.43. The van der Waals surface area contributed by atoms with Gasteiger partial charge in [0.2, 0.25) is 10.9 Å². The summed E-state index contributed by atoms with van der Waals surface area (Å²) in [5, 5.41) is 16.1. The molecule has 9 heteroatoms. The monoisotopic (exact) mass is 384 g/mol. The molecule has 0 aliphatic carbocycles. The third-order valence-electron chi connectivity index (χ3n) is 4.54. The van der Waals surface area contributed by atoms with Crippen LogP contribution >= 0.6 is 11.3 Å². The van der Waals surface area contributed by atoms with Crippen LogP contribution in [0.2, 0.25) is 0 Å². The maximum absolute atomic E-state index is 12.5. The topological polar surface area (TPSA) is 92.5 Å². The minimum atomic E-state index is -0.108. The number of nitrogens with one attached hydrogen (secondary N) is 1. The number of aromatic nitrogens is 4. The second kappa shape index (κ2) is 7.43. The van der Waals surface area contributed by atoms with Crippen molar-refractivity contribution in [1.82, 2.24) is 24.7 Å². The van der Waals surface area contributed by atoms with E-state index in [9.17, 15) is 9.59 Å². The molecule has 0 unspecified atom stereocenters. The first kappa shape index (κ1) is 17.6. The molecule has 0 saturated carbocycles.